The Bertz CT molecular complexity index is 295. The van der Waals surface area contributed by atoms with Crippen LogP contribution in [0, 0.1) is 0 Å². The van der Waals surface area contributed by atoms with Crippen molar-refractivity contribution in [1.29, 1.82) is 0 Å². The normalized spacial score (nSPS) is 20.9. The lowest BCUT2D eigenvalue weighted by molar-refractivity contribution is -0.153. The fourth-order valence-corrected chi connectivity index (χ4v) is 1.93. The Balaban J connectivity index is 2.35. The van der Waals surface area contributed by atoms with Crippen molar-refractivity contribution in [3.8, 4) is 0 Å². The molecule has 1 amide bonds. The third-order valence-electron chi connectivity index (χ3n) is 3.01. The Hall–Kier alpha value is -0.820. The first-order valence-electron chi connectivity index (χ1n) is 6.39. The van der Waals surface area contributed by atoms with Crippen LogP contribution < -0.4 is 0 Å². The molecule has 1 aliphatic rings. The highest BCUT2D eigenvalue weighted by Gasteiger charge is 2.30. The van der Waals surface area contributed by atoms with Gasteiger partial charge in [-0.1, -0.05) is 0 Å². The first-order chi connectivity index (χ1) is 8.78. The minimum atomic E-state index is -4.27. The number of rotatable bonds is 5. The van der Waals surface area contributed by atoms with Gasteiger partial charge in [0.1, 0.15) is 0 Å². The molecule has 0 aromatic heterocycles. The lowest BCUT2D eigenvalue weighted by atomic mass is 10.1. The third kappa shape index (κ3) is 6.77. The van der Waals surface area contributed by atoms with E-state index in [1.165, 1.54) is 4.90 Å². The molecule has 1 heterocycles. The topological polar surface area (TPSA) is 32.8 Å². The zero-order chi connectivity index (χ0) is 14.5. The molecule has 0 aliphatic carbocycles. The van der Waals surface area contributed by atoms with Crippen molar-refractivity contribution in [2.45, 2.75) is 31.5 Å². The number of hydrogen-bond donors (Lipinski definition) is 0. The molecule has 1 aliphatic heterocycles. The molecule has 1 unspecified atom stereocenters. The summed E-state index contributed by atoms with van der Waals surface area (Å²) in [6.07, 6.45) is -5.09. The fourth-order valence-electron chi connectivity index (χ4n) is 1.93. The molecule has 4 nitrogen and oxygen atoms in total. The molecule has 112 valence electrons. The molecule has 0 N–H and O–H groups in total. The molecule has 1 saturated heterocycles. The lowest BCUT2D eigenvalue weighted by Gasteiger charge is -2.33. The van der Waals surface area contributed by atoms with Crippen LogP contribution in [-0.4, -0.2) is 68.3 Å². The summed E-state index contributed by atoms with van der Waals surface area (Å²) in [5, 5.41) is 0. The summed E-state index contributed by atoms with van der Waals surface area (Å²) in [6.45, 7) is 2.00. The van der Waals surface area contributed by atoms with E-state index in [1.54, 1.807) is 0 Å². The maximum absolute atomic E-state index is 12.1. The molecule has 0 saturated carbocycles. The van der Waals surface area contributed by atoms with E-state index in [4.69, 9.17) is 4.74 Å². The fraction of sp³-hybridized carbons (Fsp3) is 0.917. The van der Waals surface area contributed by atoms with E-state index in [0.29, 0.717) is 19.7 Å². The van der Waals surface area contributed by atoms with Gasteiger partial charge in [-0.15, -0.1) is 0 Å². The molecule has 0 bridgehead atoms. The minimum Gasteiger partial charge on any atom is -0.374 e. The van der Waals surface area contributed by atoms with Gasteiger partial charge < -0.3 is 14.5 Å². The maximum atomic E-state index is 12.1. The van der Waals surface area contributed by atoms with Gasteiger partial charge in [0.25, 0.3) is 0 Å². The van der Waals surface area contributed by atoms with E-state index >= 15 is 0 Å². The first-order valence-corrected chi connectivity index (χ1v) is 6.39. The maximum Gasteiger partial charge on any atom is 0.389 e. The molecule has 0 radical (unpaired) electrons. The predicted octanol–water partition coefficient (Wildman–Crippen LogP) is 1.51. The second kappa shape index (κ2) is 7.09. The van der Waals surface area contributed by atoms with Crippen LogP contribution in [0.5, 0.6) is 0 Å². The van der Waals surface area contributed by atoms with Crippen LogP contribution in [0.2, 0.25) is 0 Å². The van der Waals surface area contributed by atoms with Gasteiger partial charge in [-0.3, -0.25) is 4.79 Å². The summed E-state index contributed by atoms with van der Waals surface area (Å²) >= 11 is 0. The molecule has 0 aromatic rings. The van der Waals surface area contributed by atoms with Gasteiger partial charge in [0.15, 0.2) is 0 Å². The van der Waals surface area contributed by atoms with Gasteiger partial charge in [0, 0.05) is 26.1 Å². The quantitative estimate of drug-likeness (QED) is 0.766. The number of carbonyl (C=O) groups is 1. The van der Waals surface area contributed by atoms with Crippen LogP contribution in [0.15, 0.2) is 0 Å². The number of ether oxygens (including phenoxy) is 1. The first kappa shape index (κ1) is 16.2. The molecule has 19 heavy (non-hydrogen) atoms. The van der Waals surface area contributed by atoms with E-state index in [0.717, 1.165) is 13.0 Å². The SMILES string of the molecule is CN(C)CCC1CN(C(=O)CCC(F)(F)F)CCO1. The molecule has 0 spiro atoms. The van der Waals surface area contributed by atoms with Gasteiger partial charge in [0.05, 0.1) is 19.1 Å². The second-order valence-corrected chi connectivity index (χ2v) is 5.04. The summed E-state index contributed by atoms with van der Waals surface area (Å²) in [6, 6.07) is 0. The zero-order valence-electron chi connectivity index (χ0n) is 11.4. The van der Waals surface area contributed by atoms with E-state index in [2.05, 4.69) is 0 Å². The molecular formula is C12H21F3N2O2. The minimum absolute atomic E-state index is 0.0778. The van der Waals surface area contributed by atoms with Crippen LogP contribution in [0.3, 0.4) is 0 Å². The highest BCUT2D eigenvalue weighted by atomic mass is 19.4. The van der Waals surface area contributed by atoms with E-state index in [-0.39, 0.29) is 6.10 Å². The largest absolute Gasteiger partial charge is 0.389 e. The Morgan fingerprint density at radius 3 is 2.68 bits per heavy atom. The standard InChI is InChI=1S/C12H21F3N2O2/c1-16(2)6-4-10-9-17(7-8-19-10)11(18)3-5-12(13,14)15/h10H,3-9H2,1-2H3. The summed E-state index contributed by atoms with van der Waals surface area (Å²) in [4.78, 5) is 15.2. The van der Waals surface area contributed by atoms with Crippen molar-refractivity contribution in [3.63, 3.8) is 0 Å². The summed E-state index contributed by atoms with van der Waals surface area (Å²) in [5.41, 5.74) is 0. The van der Waals surface area contributed by atoms with Crippen molar-refractivity contribution in [3.05, 3.63) is 0 Å². The van der Waals surface area contributed by atoms with Gasteiger partial charge in [-0.05, 0) is 20.5 Å². The summed E-state index contributed by atoms with van der Waals surface area (Å²) < 4.78 is 41.7. The zero-order valence-corrected chi connectivity index (χ0v) is 11.4. The number of nitrogens with zero attached hydrogens (tertiary/aromatic N) is 2. The number of halogens is 3. The van der Waals surface area contributed by atoms with Gasteiger partial charge in [-0.25, -0.2) is 0 Å². The molecule has 0 aromatic carbocycles. The average Bonchev–Trinajstić information content (AvgIpc) is 2.33. The van der Waals surface area contributed by atoms with Crippen LogP contribution in [0.25, 0.3) is 0 Å². The molecule has 1 rings (SSSR count). The summed E-state index contributed by atoms with van der Waals surface area (Å²) in [7, 11) is 3.88. The van der Waals surface area contributed by atoms with Crippen LogP contribution in [0.4, 0.5) is 13.2 Å². The summed E-state index contributed by atoms with van der Waals surface area (Å²) in [5.74, 6) is -0.435. The van der Waals surface area contributed by atoms with Gasteiger partial charge in [-0.2, -0.15) is 13.2 Å². The highest BCUT2D eigenvalue weighted by molar-refractivity contribution is 5.76. The molecule has 1 atom stereocenters. The van der Waals surface area contributed by atoms with E-state index < -0.39 is 24.9 Å². The molecular weight excluding hydrogens is 261 g/mol. The van der Waals surface area contributed by atoms with Crippen LogP contribution in [-0.2, 0) is 9.53 Å². The Labute approximate surface area is 111 Å². The van der Waals surface area contributed by atoms with Crippen molar-refractivity contribution < 1.29 is 22.7 Å². The Kier molecular flexibility index (Phi) is 6.06. The third-order valence-corrected chi connectivity index (χ3v) is 3.01. The number of morpholine rings is 1. The van der Waals surface area contributed by atoms with Crippen LogP contribution >= 0.6 is 0 Å². The van der Waals surface area contributed by atoms with Gasteiger partial charge >= 0.3 is 6.18 Å². The van der Waals surface area contributed by atoms with Crippen molar-refractivity contribution in [1.82, 2.24) is 9.80 Å². The molecule has 7 heteroatoms. The molecule has 1 fully saturated rings. The Morgan fingerprint density at radius 1 is 1.42 bits per heavy atom. The number of hydrogen-bond acceptors (Lipinski definition) is 3. The van der Waals surface area contributed by atoms with Gasteiger partial charge in [0.2, 0.25) is 5.91 Å². The number of alkyl halides is 3. The second-order valence-electron chi connectivity index (χ2n) is 5.04. The number of carbonyl (C=O) groups excluding carboxylic acids is 1. The van der Waals surface area contributed by atoms with E-state index in [9.17, 15) is 18.0 Å². The monoisotopic (exact) mass is 282 g/mol. The number of amides is 1. The van der Waals surface area contributed by atoms with Crippen LogP contribution in [0.1, 0.15) is 19.3 Å². The van der Waals surface area contributed by atoms with Crippen molar-refractivity contribution in [2.24, 2.45) is 0 Å². The highest BCUT2D eigenvalue weighted by Crippen LogP contribution is 2.22. The van der Waals surface area contributed by atoms with E-state index in [1.807, 2.05) is 19.0 Å². The smallest absolute Gasteiger partial charge is 0.374 e. The van der Waals surface area contributed by atoms with Crippen molar-refractivity contribution in [2.75, 3.05) is 40.3 Å². The Morgan fingerprint density at radius 2 is 2.11 bits per heavy atom. The lowest BCUT2D eigenvalue weighted by Crippen LogP contribution is -2.46. The van der Waals surface area contributed by atoms with Crippen molar-refractivity contribution >= 4 is 5.91 Å². The average molecular weight is 282 g/mol. The predicted molar refractivity (Wildman–Crippen MR) is 64.8 cm³/mol.